The molecular weight excluding hydrogens is 470 g/mol. The summed E-state index contributed by atoms with van der Waals surface area (Å²) in [4.78, 5) is 34.2. The van der Waals surface area contributed by atoms with Crippen LogP contribution in [0, 0.1) is 0 Å². The van der Waals surface area contributed by atoms with Crippen molar-refractivity contribution in [1.82, 2.24) is 14.8 Å². The molecule has 2 aliphatic heterocycles. The molecule has 1 saturated heterocycles. The number of ether oxygens (including phenoxy) is 1. The van der Waals surface area contributed by atoms with E-state index in [0.717, 1.165) is 32.2 Å². The van der Waals surface area contributed by atoms with Gasteiger partial charge in [-0.2, -0.15) is 0 Å². The lowest BCUT2D eigenvalue weighted by Crippen LogP contribution is -2.67. The maximum absolute atomic E-state index is 13.8. The van der Waals surface area contributed by atoms with Crippen LogP contribution in [0.2, 0.25) is 0 Å². The number of benzene rings is 2. The summed E-state index contributed by atoms with van der Waals surface area (Å²) in [5.74, 6) is -0.0645. The van der Waals surface area contributed by atoms with Crippen LogP contribution in [0.1, 0.15) is 36.1 Å². The van der Waals surface area contributed by atoms with E-state index in [1.54, 1.807) is 16.9 Å². The number of piperazine rings is 1. The molecule has 0 saturated carbocycles. The quantitative estimate of drug-likeness (QED) is 0.544. The summed E-state index contributed by atoms with van der Waals surface area (Å²) in [5.41, 5.74) is 3.00. The first kappa shape index (κ1) is 21.2. The third-order valence-electron chi connectivity index (χ3n) is 6.87. The second-order valence-electron chi connectivity index (χ2n) is 8.71. The number of para-hydroxylation sites is 1. The van der Waals surface area contributed by atoms with Crippen molar-refractivity contribution in [2.75, 3.05) is 33.4 Å². The van der Waals surface area contributed by atoms with Crippen molar-refractivity contribution >= 4 is 38.6 Å². The summed E-state index contributed by atoms with van der Waals surface area (Å²) in [7, 11) is 1.65. The van der Waals surface area contributed by atoms with Gasteiger partial charge >= 0.3 is 0 Å². The Balaban J connectivity index is 1.67. The molecule has 2 unspecified atom stereocenters. The lowest BCUT2D eigenvalue weighted by Gasteiger charge is -2.51. The van der Waals surface area contributed by atoms with Gasteiger partial charge in [-0.3, -0.25) is 9.59 Å². The molecule has 0 spiro atoms. The van der Waals surface area contributed by atoms with Gasteiger partial charge in [0.1, 0.15) is 0 Å². The summed E-state index contributed by atoms with van der Waals surface area (Å²) >= 11 is 3.52. The van der Waals surface area contributed by atoms with E-state index >= 15 is 0 Å². The molecule has 32 heavy (non-hydrogen) atoms. The first-order valence-corrected chi connectivity index (χ1v) is 11.7. The highest BCUT2D eigenvalue weighted by molar-refractivity contribution is 9.10. The fourth-order valence-electron chi connectivity index (χ4n) is 5.25. The van der Waals surface area contributed by atoms with E-state index < -0.39 is 5.54 Å². The monoisotopic (exact) mass is 495 g/mol. The highest BCUT2D eigenvalue weighted by Crippen LogP contribution is 2.48. The van der Waals surface area contributed by atoms with E-state index in [1.807, 2.05) is 37.3 Å². The number of H-pyrrole nitrogens is 1. The number of nitrogens with one attached hydrogen (secondary N) is 1. The van der Waals surface area contributed by atoms with E-state index in [-0.39, 0.29) is 24.3 Å². The molecule has 166 valence electrons. The van der Waals surface area contributed by atoms with Crippen LogP contribution >= 0.6 is 15.9 Å². The molecular formula is C25H26BrN3O3. The van der Waals surface area contributed by atoms with Crippen molar-refractivity contribution in [1.29, 1.82) is 0 Å². The molecule has 6 nitrogen and oxygen atoms in total. The van der Waals surface area contributed by atoms with Crippen LogP contribution in [0.3, 0.4) is 0 Å². The fraction of sp³-hybridized carbons (Fsp3) is 0.360. The van der Waals surface area contributed by atoms with Crippen LogP contribution in [0.15, 0.2) is 53.0 Å². The molecule has 0 radical (unpaired) electrons. The number of nitrogens with zero attached hydrogens (tertiary/aromatic N) is 2. The molecule has 5 rings (SSSR count). The van der Waals surface area contributed by atoms with Gasteiger partial charge in [-0.1, -0.05) is 46.3 Å². The highest BCUT2D eigenvalue weighted by atomic mass is 79.9. The van der Waals surface area contributed by atoms with E-state index in [4.69, 9.17) is 4.74 Å². The van der Waals surface area contributed by atoms with E-state index in [9.17, 15) is 9.59 Å². The molecule has 7 heteroatoms. The van der Waals surface area contributed by atoms with E-state index in [0.29, 0.717) is 26.1 Å². The van der Waals surface area contributed by atoms with Crippen molar-refractivity contribution in [3.63, 3.8) is 0 Å². The largest absolute Gasteiger partial charge is 0.385 e. The minimum absolute atomic E-state index is 0.0147. The summed E-state index contributed by atoms with van der Waals surface area (Å²) < 4.78 is 6.16. The molecule has 0 bridgehead atoms. The molecule has 0 aliphatic carbocycles. The smallest absolute Gasteiger partial charge is 0.254 e. The number of carbonyl (C=O) groups is 2. The molecule has 3 heterocycles. The number of methoxy groups -OCH3 is 1. The Morgan fingerprint density at radius 2 is 1.91 bits per heavy atom. The average molecular weight is 496 g/mol. The predicted octanol–water partition coefficient (Wildman–Crippen LogP) is 4.00. The normalized spacial score (nSPS) is 22.9. The number of hydrogen-bond donors (Lipinski definition) is 1. The van der Waals surface area contributed by atoms with Gasteiger partial charge in [0.05, 0.1) is 12.2 Å². The van der Waals surface area contributed by atoms with Crippen molar-refractivity contribution in [2.45, 2.75) is 24.8 Å². The lowest BCUT2D eigenvalue weighted by atomic mass is 9.76. The minimum atomic E-state index is -1.05. The molecule has 3 aromatic rings. The van der Waals surface area contributed by atoms with Crippen LogP contribution in [-0.4, -0.2) is 59.9 Å². The number of rotatable bonds is 5. The molecule has 1 N–H and O–H groups in total. The molecule has 1 fully saturated rings. The molecule has 1 aromatic heterocycles. The van der Waals surface area contributed by atoms with Gasteiger partial charge in [0.25, 0.3) is 5.91 Å². The summed E-state index contributed by atoms with van der Waals surface area (Å²) in [6, 6.07) is 16.4. The Morgan fingerprint density at radius 1 is 1.16 bits per heavy atom. The van der Waals surface area contributed by atoms with Gasteiger partial charge in [0.2, 0.25) is 5.91 Å². The van der Waals surface area contributed by atoms with Crippen molar-refractivity contribution in [3.05, 3.63) is 69.8 Å². The Kier molecular flexibility index (Phi) is 5.34. The number of carbonyl (C=O) groups excluding carboxylic acids is 2. The lowest BCUT2D eigenvalue weighted by molar-refractivity contribution is -0.166. The first-order valence-electron chi connectivity index (χ1n) is 10.9. The molecule has 2 amide bonds. The maximum Gasteiger partial charge on any atom is 0.254 e. The maximum atomic E-state index is 13.8. The topological polar surface area (TPSA) is 65.6 Å². The van der Waals surface area contributed by atoms with Crippen LogP contribution in [0.4, 0.5) is 0 Å². The van der Waals surface area contributed by atoms with Crippen LogP contribution < -0.4 is 0 Å². The van der Waals surface area contributed by atoms with Crippen molar-refractivity contribution < 1.29 is 14.3 Å². The molecule has 2 atom stereocenters. The number of fused-ring (bicyclic) bond motifs is 5. The Bertz CT molecular complexity index is 1190. The number of aromatic amines is 1. The zero-order valence-electron chi connectivity index (χ0n) is 18.2. The number of halogens is 1. The van der Waals surface area contributed by atoms with Gasteiger partial charge in [0, 0.05) is 48.1 Å². The van der Waals surface area contributed by atoms with Gasteiger partial charge in [-0.25, -0.2) is 0 Å². The predicted molar refractivity (Wildman–Crippen MR) is 126 cm³/mol. The summed E-state index contributed by atoms with van der Waals surface area (Å²) in [5, 5.41) is 1.10. The van der Waals surface area contributed by atoms with Gasteiger partial charge in [-0.15, -0.1) is 0 Å². The van der Waals surface area contributed by atoms with Gasteiger partial charge in [-0.05, 0) is 42.7 Å². The third kappa shape index (κ3) is 3.18. The van der Waals surface area contributed by atoms with Crippen molar-refractivity contribution in [2.24, 2.45) is 0 Å². The van der Waals surface area contributed by atoms with Crippen molar-refractivity contribution in [3.8, 4) is 0 Å². The fourth-order valence-corrected chi connectivity index (χ4v) is 5.51. The minimum Gasteiger partial charge on any atom is -0.385 e. The second-order valence-corrected chi connectivity index (χ2v) is 9.63. The zero-order chi connectivity index (χ0) is 22.5. The zero-order valence-corrected chi connectivity index (χ0v) is 19.8. The van der Waals surface area contributed by atoms with E-state index in [2.05, 4.69) is 39.1 Å². The van der Waals surface area contributed by atoms with Crippen LogP contribution in [-0.2, 0) is 19.9 Å². The highest BCUT2D eigenvalue weighted by Gasteiger charge is 2.56. The second kappa shape index (κ2) is 8.05. The van der Waals surface area contributed by atoms with E-state index in [1.165, 1.54) is 0 Å². The number of amides is 2. The Labute approximate surface area is 195 Å². The average Bonchev–Trinajstić information content (AvgIpc) is 3.19. The summed E-state index contributed by atoms with van der Waals surface area (Å²) in [6.45, 7) is 3.54. The van der Waals surface area contributed by atoms with Crippen LogP contribution in [0.25, 0.3) is 10.9 Å². The van der Waals surface area contributed by atoms with Gasteiger partial charge in [0.15, 0.2) is 5.54 Å². The third-order valence-corrected chi connectivity index (χ3v) is 7.39. The van der Waals surface area contributed by atoms with Crippen LogP contribution in [0.5, 0.6) is 0 Å². The number of hydrogen-bond acceptors (Lipinski definition) is 3. The number of aromatic nitrogens is 1. The van der Waals surface area contributed by atoms with Gasteiger partial charge < -0.3 is 19.5 Å². The molecule has 2 aromatic carbocycles. The Hall–Kier alpha value is -2.64. The Morgan fingerprint density at radius 3 is 2.66 bits per heavy atom. The molecule has 2 aliphatic rings. The standard InChI is InChI=1S/C25H26BrN3O3/c1-25-23-22(18-6-3-4-7-20(18)27-23)19(16-8-10-17(26)11-9-16)14-29(25)21(30)15-28(24(25)31)12-5-13-32-2/h3-4,6-11,19,27H,5,12-15H2,1-2H3. The SMILES string of the molecule is COCCCN1CC(=O)N2CC(c3ccc(Br)cc3)c3c([nH]c4ccccc34)C2(C)C1=O. The summed E-state index contributed by atoms with van der Waals surface area (Å²) in [6.07, 6.45) is 0.701. The first-order chi connectivity index (χ1) is 15.4.